The fourth-order valence-electron chi connectivity index (χ4n) is 2.61. The van der Waals surface area contributed by atoms with Gasteiger partial charge in [0.1, 0.15) is 22.6 Å². The Morgan fingerprint density at radius 2 is 2.20 bits per heavy atom. The van der Waals surface area contributed by atoms with Gasteiger partial charge in [-0.3, -0.25) is 4.79 Å². The minimum absolute atomic E-state index is 0.0122. The zero-order chi connectivity index (χ0) is 18.6. The summed E-state index contributed by atoms with van der Waals surface area (Å²) in [6.07, 6.45) is 0.186. The summed E-state index contributed by atoms with van der Waals surface area (Å²) in [5.41, 5.74) is 0.315. The first-order chi connectivity index (χ1) is 11.7. The van der Waals surface area contributed by atoms with E-state index in [-0.39, 0.29) is 11.9 Å². The highest BCUT2D eigenvalue weighted by Crippen LogP contribution is 2.28. The topological polar surface area (TPSA) is 94.5 Å². The molecule has 0 aromatic carbocycles. The number of ether oxygens (including phenoxy) is 1. The molecule has 1 saturated heterocycles. The molecule has 2 atom stereocenters. The van der Waals surface area contributed by atoms with Crippen LogP contribution in [0.5, 0.6) is 0 Å². The van der Waals surface area contributed by atoms with Crippen LogP contribution >= 0.6 is 11.3 Å². The van der Waals surface area contributed by atoms with Crippen LogP contribution in [0.2, 0.25) is 0 Å². The molecule has 1 aromatic heterocycles. The Morgan fingerprint density at radius 3 is 2.84 bits per heavy atom. The van der Waals surface area contributed by atoms with Crippen molar-refractivity contribution in [2.75, 3.05) is 18.0 Å². The van der Waals surface area contributed by atoms with Crippen LogP contribution in [0, 0.1) is 11.3 Å². The lowest BCUT2D eigenvalue weighted by Crippen LogP contribution is -2.49. The molecule has 0 saturated carbocycles. The third-order valence-corrected chi connectivity index (χ3v) is 4.56. The van der Waals surface area contributed by atoms with Gasteiger partial charge in [-0.25, -0.2) is 4.79 Å². The largest absolute Gasteiger partial charge is 0.444 e. The van der Waals surface area contributed by atoms with Crippen molar-refractivity contribution in [3.63, 3.8) is 0 Å². The van der Waals surface area contributed by atoms with Crippen LogP contribution in [0.3, 0.4) is 0 Å². The fraction of sp³-hybridized carbons (Fsp3) is 0.588. The second-order valence-corrected chi connectivity index (χ2v) is 7.97. The van der Waals surface area contributed by atoms with Crippen molar-refractivity contribution in [3.8, 4) is 6.07 Å². The van der Waals surface area contributed by atoms with Crippen LogP contribution in [-0.4, -0.2) is 42.8 Å². The Hall–Kier alpha value is -2.27. The Kier molecular flexibility index (Phi) is 5.90. The van der Waals surface area contributed by atoms with Crippen molar-refractivity contribution in [3.05, 3.63) is 16.3 Å². The molecule has 1 fully saturated rings. The van der Waals surface area contributed by atoms with Gasteiger partial charge in [-0.2, -0.15) is 5.26 Å². The van der Waals surface area contributed by atoms with Crippen LogP contribution in [0.25, 0.3) is 0 Å². The molecule has 8 heteroatoms. The Balaban J connectivity index is 1.83. The lowest BCUT2D eigenvalue weighted by Gasteiger charge is -2.23. The smallest absolute Gasteiger partial charge is 0.408 e. The maximum atomic E-state index is 12.3. The molecule has 7 nitrogen and oxygen atoms in total. The monoisotopic (exact) mass is 364 g/mol. The molecule has 2 N–H and O–H groups in total. The number of alkyl carbamates (subject to hydrolysis) is 1. The number of hydrogen-bond donors (Lipinski definition) is 2. The molecule has 25 heavy (non-hydrogen) atoms. The van der Waals surface area contributed by atoms with E-state index < -0.39 is 17.7 Å². The molecular weight excluding hydrogens is 340 g/mol. The SMILES string of the molecule is C[C@H](NC(=O)OC(C)(C)C)C(=O)N[C@H]1CCN(c2ccsc2C#N)C1. The second-order valence-electron chi connectivity index (χ2n) is 7.05. The Labute approximate surface area is 151 Å². The lowest BCUT2D eigenvalue weighted by atomic mass is 10.2. The number of rotatable bonds is 4. The zero-order valence-corrected chi connectivity index (χ0v) is 15.8. The number of nitrogens with zero attached hydrogens (tertiary/aromatic N) is 2. The van der Waals surface area contributed by atoms with E-state index in [1.807, 2.05) is 11.4 Å². The van der Waals surface area contributed by atoms with Gasteiger partial charge in [0.15, 0.2) is 0 Å². The van der Waals surface area contributed by atoms with Gasteiger partial charge < -0.3 is 20.3 Å². The van der Waals surface area contributed by atoms with Crippen molar-refractivity contribution in [2.24, 2.45) is 0 Å². The molecule has 1 aliphatic heterocycles. The average Bonchev–Trinajstić information content (AvgIpc) is 3.12. The van der Waals surface area contributed by atoms with Crippen LogP contribution in [0.15, 0.2) is 11.4 Å². The van der Waals surface area contributed by atoms with Gasteiger partial charge in [-0.05, 0) is 45.6 Å². The summed E-state index contributed by atoms with van der Waals surface area (Å²) >= 11 is 1.42. The first-order valence-electron chi connectivity index (χ1n) is 8.22. The molecule has 0 bridgehead atoms. The highest BCUT2D eigenvalue weighted by atomic mass is 32.1. The number of thiophene rings is 1. The lowest BCUT2D eigenvalue weighted by molar-refractivity contribution is -0.123. The predicted octanol–water partition coefficient (Wildman–Crippen LogP) is 2.23. The van der Waals surface area contributed by atoms with Gasteiger partial charge in [0.2, 0.25) is 5.91 Å². The summed E-state index contributed by atoms with van der Waals surface area (Å²) in [6, 6.07) is 3.43. The predicted molar refractivity (Wildman–Crippen MR) is 96.6 cm³/mol. The molecule has 2 amide bonds. The van der Waals surface area contributed by atoms with E-state index in [1.165, 1.54) is 11.3 Å². The highest BCUT2D eigenvalue weighted by molar-refractivity contribution is 7.11. The van der Waals surface area contributed by atoms with Crippen molar-refractivity contribution >= 4 is 29.0 Å². The summed E-state index contributed by atoms with van der Waals surface area (Å²) in [6.45, 7) is 8.36. The van der Waals surface area contributed by atoms with Crippen LogP contribution in [-0.2, 0) is 9.53 Å². The van der Waals surface area contributed by atoms with Gasteiger partial charge in [0, 0.05) is 19.1 Å². The summed E-state index contributed by atoms with van der Waals surface area (Å²) in [5, 5.41) is 16.5. The number of nitrogens with one attached hydrogen (secondary N) is 2. The molecule has 0 aliphatic carbocycles. The van der Waals surface area contributed by atoms with Gasteiger partial charge in [-0.15, -0.1) is 11.3 Å². The summed E-state index contributed by atoms with van der Waals surface area (Å²) in [4.78, 5) is 26.8. The highest BCUT2D eigenvalue weighted by Gasteiger charge is 2.28. The van der Waals surface area contributed by atoms with E-state index in [0.717, 1.165) is 18.7 Å². The minimum atomic E-state index is -0.681. The molecule has 2 heterocycles. The van der Waals surface area contributed by atoms with E-state index in [9.17, 15) is 9.59 Å². The number of hydrogen-bond acceptors (Lipinski definition) is 6. The average molecular weight is 364 g/mol. The normalized spacial score (nSPS) is 18.4. The maximum absolute atomic E-state index is 12.3. The standard InChI is InChI=1S/C17H24N4O3S/c1-11(19-16(23)24-17(2,3)4)15(22)20-12-5-7-21(10-12)13-6-8-25-14(13)9-18/h6,8,11-12H,5,7,10H2,1-4H3,(H,19,23)(H,20,22)/t11-,12-/m0/s1. The van der Waals surface area contributed by atoms with E-state index in [1.54, 1.807) is 27.7 Å². The van der Waals surface area contributed by atoms with E-state index in [0.29, 0.717) is 11.4 Å². The van der Waals surface area contributed by atoms with Crippen LogP contribution in [0.1, 0.15) is 39.0 Å². The number of nitriles is 1. The Morgan fingerprint density at radius 1 is 1.48 bits per heavy atom. The minimum Gasteiger partial charge on any atom is -0.444 e. The molecular formula is C17H24N4O3S. The third-order valence-electron chi connectivity index (χ3n) is 3.75. The second kappa shape index (κ2) is 7.74. The quantitative estimate of drug-likeness (QED) is 0.854. The summed E-state index contributed by atoms with van der Waals surface area (Å²) < 4.78 is 5.15. The van der Waals surface area contributed by atoms with Crippen molar-refractivity contribution in [1.29, 1.82) is 5.26 Å². The van der Waals surface area contributed by atoms with Gasteiger partial charge in [0.25, 0.3) is 0 Å². The van der Waals surface area contributed by atoms with Crippen molar-refractivity contribution < 1.29 is 14.3 Å². The molecule has 2 rings (SSSR count). The van der Waals surface area contributed by atoms with Crippen molar-refractivity contribution in [1.82, 2.24) is 10.6 Å². The zero-order valence-electron chi connectivity index (χ0n) is 15.0. The summed E-state index contributed by atoms with van der Waals surface area (Å²) in [5.74, 6) is -0.247. The molecule has 0 radical (unpaired) electrons. The molecule has 0 unspecified atom stereocenters. The van der Waals surface area contributed by atoms with Crippen LogP contribution in [0.4, 0.5) is 10.5 Å². The third kappa shape index (κ3) is 5.36. The van der Waals surface area contributed by atoms with E-state index in [2.05, 4.69) is 21.6 Å². The molecule has 1 aliphatic rings. The van der Waals surface area contributed by atoms with Crippen LogP contribution < -0.4 is 15.5 Å². The first-order valence-corrected chi connectivity index (χ1v) is 9.10. The van der Waals surface area contributed by atoms with Crippen molar-refractivity contribution in [2.45, 2.75) is 51.8 Å². The van der Waals surface area contributed by atoms with E-state index in [4.69, 9.17) is 10.00 Å². The number of carbonyl (C=O) groups excluding carboxylic acids is 2. The fourth-order valence-corrected chi connectivity index (χ4v) is 3.31. The first kappa shape index (κ1) is 19.1. The maximum Gasteiger partial charge on any atom is 0.408 e. The number of carbonyl (C=O) groups is 2. The number of anilines is 1. The number of amides is 2. The van der Waals surface area contributed by atoms with Gasteiger partial charge in [0.05, 0.1) is 5.69 Å². The molecule has 0 spiro atoms. The van der Waals surface area contributed by atoms with Gasteiger partial charge in [-0.1, -0.05) is 0 Å². The van der Waals surface area contributed by atoms with E-state index >= 15 is 0 Å². The Bertz CT molecular complexity index is 674. The van der Waals surface area contributed by atoms with Gasteiger partial charge >= 0.3 is 6.09 Å². The molecule has 1 aromatic rings. The molecule has 136 valence electrons. The summed E-state index contributed by atoms with van der Waals surface area (Å²) in [7, 11) is 0.